The first-order valence-corrected chi connectivity index (χ1v) is 5.86. The summed E-state index contributed by atoms with van der Waals surface area (Å²) in [6.45, 7) is 0.553. The Labute approximate surface area is 106 Å². The first-order chi connectivity index (χ1) is 8.20. The number of nitrogens with two attached hydrogens (primary N) is 1. The third kappa shape index (κ3) is 2.94. The number of halogens is 1. The number of rotatable bonds is 4. The minimum atomic E-state index is 0.00118. The predicted molar refractivity (Wildman–Crippen MR) is 70.3 cm³/mol. The van der Waals surface area contributed by atoms with E-state index in [1.807, 2.05) is 24.3 Å². The van der Waals surface area contributed by atoms with Gasteiger partial charge in [0.1, 0.15) is 0 Å². The Morgan fingerprint density at radius 3 is 3.00 bits per heavy atom. The molecule has 0 radical (unpaired) electrons. The molecule has 1 atom stereocenters. The molecule has 1 heterocycles. The zero-order valence-corrected chi connectivity index (χ0v) is 10.4. The van der Waals surface area contributed by atoms with Gasteiger partial charge in [0.05, 0.1) is 12.1 Å². The Balaban J connectivity index is 2.34. The van der Waals surface area contributed by atoms with E-state index < -0.39 is 0 Å². The standard InChI is InChI=1S/C13H15ClN2O/c1-17-8-11(15)6-9-4-5-16-13-7-10(14)2-3-12(9)13/h2-5,7,11H,6,8,15H2,1H3. The number of nitrogens with zero attached hydrogens (tertiary/aromatic N) is 1. The molecular weight excluding hydrogens is 236 g/mol. The van der Waals surface area contributed by atoms with Crippen LogP contribution < -0.4 is 5.73 Å². The molecule has 0 saturated carbocycles. The average Bonchev–Trinajstić information content (AvgIpc) is 2.29. The van der Waals surface area contributed by atoms with Crippen LogP contribution in [0.5, 0.6) is 0 Å². The molecule has 0 fully saturated rings. The molecule has 0 bridgehead atoms. The Bertz CT molecular complexity index is 516. The maximum Gasteiger partial charge on any atom is 0.0719 e. The second-order valence-electron chi connectivity index (χ2n) is 4.05. The summed E-state index contributed by atoms with van der Waals surface area (Å²) in [7, 11) is 1.66. The highest BCUT2D eigenvalue weighted by atomic mass is 35.5. The number of hydrogen-bond donors (Lipinski definition) is 1. The fourth-order valence-electron chi connectivity index (χ4n) is 1.91. The first kappa shape index (κ1) is 12.3. The highest BCUT2D eigenvalue weighted by molar-refractivity contribution is 6.31. The van der Waals surface area contributed by atoms with Crippen molar-refractivity contribution in [3.63, 3.8) is 0 Å². The number of pyridine rings is 1. The van der Waals surface area contributed by atoms with Crippen molar-refractivity contribution in [3.05, 3.63) is 41.0 Å². The van der Waals surface area contributed by atoms with Crippen LogP contribution in [0.3, 0.4) is 0 Å². The lowest BCUT2D eigenvalue weighted by Crippen LogP contribution is -2.28. The smallest absolute Gasteiger partial charge is 0.0719 e. The van der Waals surface area contributed by atoms with Crippen molar-refractivity contribution in [2.75, 3.05) is 13.7 Å². The quantitative estimate of drug-likeness (QED) is 0.907. The number of methoxy groups -OCH3 is 1. The summed E-state index contributed by atoms with van der Waals surface area (Å²) in [5.74, 6) is 0. The molecule has 0 aliphatic rings. The highest BCUT2D eigenvalue weighted by Gasteiger charge is 2.07. The topological polar surface area (TPSA) is 48.1 Å². The number of fused-ring (bicyclic) bond motifs is 1. The van der Waals surface area contributed by atoms with E-state index >= 15 is 0 Å². The van der Waals surface area contributed by atoms with E-state index in [4.69, 9.17) is 22.1 Å². The fraction of sp³-hybridized carbons (Fsp3) is 0.308. The van der Waals surface area contributed by atoms with E-state index in [-0.39, 0.29) is 6.04 Å². The largest absolute Gasteiger partial charge is 0.383 e. The van der Waals surface area contributed by atoms with Crippen molar-refractivity contribution in [1.82, 2.24) is 4.98 Å². The van der Waals surface area contributed by atoms with Crippen LogP contribution in [0.15, 0.2) is 30.5 Å². The molecule has 4 heteroatoms. The van der Waals surface area contributed by atoms with Crippen LogP contribution in [-0.2, 0) is 11.2 Å². The van der Waals surface area contributed by atoms with Gasteiger partial charge in [0.2, 0.25) is 0 Å². The third-order valence-corrected chi connectivity index (χ3v) is 2.89. The molecule has 0 amide bonds. The molecule has 0 aliphatic carbocycles. The van der Waals surface area contributed by atoms with Crippen LogP contribution in [0.4, 0.5) is 0 Å². The van der Waals surface area contributed by atoms with Gasteiger partial charge in [-0.25, -0.2) is 0 Å². The highest BCUT2D eigenvalue weighted by Crippen LogP contribution is 2.21. The van der Waals surface area contributed by atoms with Gasteiger partial charge in [0.25, 0.3) is 0 Å². The fourth-order valence-corrected chi connectivity index (χ4v) is 2.08. The molecule has 90 valence electrons. The molecule has 2 rings (SSSR count). The number of ether oxygens (including phenoxy) is 1. The van der Waals surface area contributed by atoms with Crippen LogP contribution in [0, 0.1) is 0 Å². The molecule has 2 aromatic rings. The molecule has 1 unspecified atom stereocenters. The Kier molecular flexibility index (Phi) is 3.94. The minimum Gasteiger partial charge on any atom is -0.383 e. The number of benzene rings is 1. The van der Waals surface area contributed by atoms with Crippen LogP contribution in [0.25, 0.3) is 10.9 Å². The Morgan fingerprint density at radius 2 is 2.24 bits per heavy atom. The minimum absolute atomic E-state index is 0.00118. The van der Waals surface area contributed by atoms with Crippen LogP contribution in [0.1, 0.15) is 5.56 Å². The van der Waals surface area contributed by atoms with Gasteiger partial charge in [-0.3, -0.25) is 4.98 Å². The second kappa shape index (κ2) is 5.45. The van der Waals surface area contributed by atoms with Crippen LogP contribution in [0.2, 0.25) is 5.02 Å². The molecule has 17 heavy (non-hydrogen) atoms. The molecule has 0 spiro atoms. The monoisotopic (exact) mass is 250 g/mol. The van der Waals surface area contributed by atoms with Crippen molar-refractivity contribution in [1.29, 1.82) is 0 Å². The molecule has 0 saturated heterocycles. The van der Waals surface area contributed by atoms with Gasteiger partial charge >= 0.3 is 0 Å². The molecule has 1 aromatic carbocycles. The summed E-state index contributed by atoms with van der Waals surface area (Å²) in [5.41, 5.74) is 8.05. The zero-order chi connectivity index (χ0) is 12.3. The van der Waals surface area contributed by atoms with Crippen LogP contribution >= 0.6 is 11.6 Å². The Hall–Kier alpha value is -1.16. The van der Waals surface area contributed by atoms with Crippen LogP contribution in [-0.4, -0.2) is 24.7 Å². The summed E-state index contributed by atoms with van der Waals surface area (Å²) < 4.78 is 5.05. The van der Waals surface area contributed by atoms with Gasteiger partial charge in [-0.15, -0.1) is 0 Å². The molecule has 0 aliphatic heterocycles. The SMILES string of the molecule is COCC(N)Cc1ccnc2cc(Cl)ccc12. The van der Waals surface area contributed by atoms with Gasteiger partial charge in [-0.1, -0.05) is 17.7 Å². The molecule has 2 N–H and O–H groups in total. The summed E-state index contributed by atoms with van der Waals surface area (Å²) >= 11 is 5.94. The van der Waals surface area contributed by atoms with Gasteiger partial charge in [0.15, 0.2) is 0 Å². The van der Waals surface area contributed by atoms with Crippen molar-refractivity contribution in [3.8, 4) is 0 Å². The molecule has 3 nitrogen and oxygen atoms in total. The summed E-state index contributed by atoms with van der Waals surface area (Å²) in [4.78, 5) is 4.30. The van der Waals surface area contributed by atoms with E-state index in [0.29, 0.717) is 11.6 Å². The second-order valence-corrected chi connectivity index (χ2v) is 4.49. The van der Waals surface area contributed by atoms with E-state index in [0.717, 1.165) is 17.3 Å². The average molecular weight is 251 g/mol. The van der Waals surface area contributed by atoms with E-state index in [1.54, 1.807) is 13.3 Å². The van der Waals surface area contributed by atoms with Crippen molar-refractivity contribution in [2.45, 2.75) is 12.5 Å². The zero-order valence-electron chi connectivity index (χ0n) is 9.69. The van der Waals surface area contributed by atoms with Crippen molar-refractivity contribution < 1.29 is 4.74 Å². The molecule has 1 aromatic heterocycles. The third-order valence-electron chi connectivity index (χ3n) is 2.66. The lowest BCUT2D eigenvalue weighted by Gasteiger charge is -2.12. The summed E-state index contributed by atoms with van der Waals surface area (Å²) in [5, 5.41) is 1.80. The first-order valence-electron chi connectivity index (χ1n) is 5.48. The Morgan fingerprint density at radius 1 is 1.41 bits per heavy atom. The maximum absolute atomic E-state index is 5.97. The maximum atomic E-state index is 5.97. The number of hydrogen-bond acceptors (Lipinski definition) is 3. The summed E-state index contributed by atoms with van der Waals surface area (Å²) in [6, 6.07) is 7.71. The van der Waals surface area contributed by atoms with E-state index in [9.17, 15) is 0 Å². The lowest BCUT2D eigenvalue weighted by molar-refractivity contribution is 0.180. The van der Waals surface area contributed by atoms with E-state index in [2.05, 4.69) is 4.98 Å². The lowest BCUT2D eigenvalue weighted by atomic mass is 10.0. The van der Waals surface area contributed by atoms with Gasteiger partial charge in [-0.2, -0.15) is 0 Å². The van der Waals surface area contributed by atoms with Gasteiger partial charge in [0, 0.05) is 29.8 Å². The van der Waals surface area contributed by atoms with E-state index in [1.165, 1.54) is 5.56 Å². The normalized spacial score (nSPS) is 12.9. The summed E-state index contributed by atoms with van der Waals surface area (Å²) in [6.07, 6.45) is 2.56. The van der Waals surface area contributed by atoms with Gasteiger partial charge in [-0.05, 0) is 30.2 Å². The molecular formula is C13H15ClN2O. The predicted octanol–water partition coefficient (Wildman–Crippen LogP) is 2.40. The van der Waals surface area contributed by atoms with Crippen molar-refractivity contribution >= 4 is 22.5 Å². The van der Waals surface area contributed by atoms with Gasteiger partial charge < -0.3 is 10.5 Å². The number of aromatic nitrogens is 1. The van der Waals surface area contributed by atoms with Crippen molar-refractivity contribution in [2.24, 2.45) is 5.73 Å².